The van der Waals surface area contributed by atoms with Gasteiger partial charge in [-0.15, -0.1) is 5.10 Å². The normalized spacial score (nSPS) is 15.0. The van der Waals surface area contributed by atoms with Gasteiger partial charge in [0, 0.05) is 24.7 Å². The first-order valence-electron chi connectivity index (χ1n) is 7.24. The molecule has 3 rings (SSSR count). The largest absolute Gasteiger partial charge is 0.355 e. The molecule has 21 heavy (non-hydrogen) atoms. The number of nitrogens with one attached hydrogen (secondary N) is 1. The maximum atomic E-state index is 5.88. The summed E-state index contributed by atoms with van der Waals surface area (Å²) in [6.45, 7) is 2.76. The first-order valence-corrected chi connectivity index (χ1v) is 7.62. The third kappa shape index (κ3) is 3.82. The maximum absolute atomic E-state index is 5.88. The lowest BCUT2D eigenvalue weighted by molar-refractivity contribution is 0.572. The average Bonchev–Trinajstić information content (AvgIpc) is 2.55. The van der Waals surface area contributed by atoms with Crippen LogP contribution in [0.5, 0.6) is 0 Å². The molecule has 0 spiro atoms. The van der Waals surface area contributed by atoms with E-state index in [1.165, 1.54) is 19.3 Å². The van der Waals surface area contributed by atoms with Gasteiger partial charge in [-0.2, -0.15) is 10.1 Å². The summed E-state index contributed by atoms with van der Waals surface area (Å²) in [5.41, 5.74) is 1.13. The topological polar surface area (TPSA) is 53.9 Å². The van der Waals surface area contributed by atoms with E-state index >= 15 is 0 Å². The molecule has 0 atom stereocenters. The molecule has 110 valence electrons. The van der Waals surface area contributed by atoms with Crippen LogP contribution >= 0.6 is 11.6 Å². The van der Waals surface area contributed by atoms with Crippen LogP contribution in [0.3, 0.4) is 0 Å². The van der Waals surface area contributed by atoms with E-state index in [2.05, 4.69) is 25.4 Å². The summed E-state index contributed by atoms with van der Waals surface area (Å²) in [4.78, 5) is 6.81. The Hall–Kier alpha value is -1.88. The molecule has 0 radical (unpaired) electrons. The first kappa shape index (κ1) is 14.1. The number of aromatic nitrogens is 3. The summed E-state index contributed by atoms with van der Waals surface area (Å²) < 4.78 is 0. The highest BCUT2D eigenvalue weighted by molar-refractivity contribution is 6.30. The van der Waals surface area contributed by atoms with E-state index < -0.39 is 0 Å². The molecular formula is C15H18ClN5. The molecule has 0 unspecified atom stereocenters. The smallest absolute Gasteiger partial charge is 0.244 e. The second-order valence-corrected chi connectivity index (χ2v) is 5.60. The van der Waals surface area contributed by atoms with Crippen molar-refractivity contribution in [3.05, 3.63) is 41.0 Å². The molecular weight excluding hydrogens is 286 g/mol. The van der Waals surface area contributed by atoms with E-state index in [0.717, 1.165) is 29.5 Å². The highest BCUT2D eigenvalue weighted by Gasteiger charge is 2.13. The molecule has 2 aromatic rings. The number of anilines is 2. The van der Waals surface area contributed by atoms with Crippen molar-refractivity contribution in [1.29, 1.82) is 0 Å². The number of rotatable bonds is 4. The van der Waals surface area contributed by atoms with Crippen LogP contribution in [0.2, 0.25) is 5.02 Å². The Morgan fingerprint density at radius 1 is 1.10 bits per heavy atom. The Balaban J connectivity index is 1.64. The van der Waals surface area contributed by atoms with Gasteiger partial charge < -0.3 is 10.2 Å². The summed E-state index contributed by atoms with van der Waals surface area (Å²) in [6, 6.07) is 7.72. The van der Waals surface area contributed by atoms with Crippen molar-refractivity contribution >= 4 is 23.4 Å². The Morgan fingerprint density at radius 3 is 2.62 bits per heavy atom. The molecule has 1 N–H and O–H groups in total. The first-order chi connectivity index (χ1) is 10.3. The third-order valence-corrected chi connectivity index (χ3v) is 3.84. The highest BCUT2D eigenvalue weighted by Crippen LogP contribution is 2.17. The van der Waals surface area contributed by atoms with Crippen LogP contribution in [0.15, 0.2) is 30.5 Å². The zero-order valence-corrected chi connectivity index (χ0v) is 12.6. The summed E-state index contributed by atoms with van der Waals surface area (Å²) in [5.74, 6) is 1.47. The monoisotopic (exact) mass is 303 g/mol. The minimum atomic E-state index is 0.563. The quantitative estimate of drug-likeness (QED) is 0.940. The molecule has 0 amide bonds. The lowest BCUT2D eigenvalue weighted by atomic mass is 10.1. The zero-order valence-electron chi connectivity index (χ0n) is 11.8. The van der Waals surface area contributed by atoms with Crippen molar-refractivity contribution in [2.75, 3.05) is 23.3 Å². The fourth-order valence-corrected chi connectivity index (χ4v) is 2.55. The van der Waals surface area contributed by atoms with Gasteiger partial charge in [0.1, 0.15) is 0 Å². The fourth-order valence-electron chi connectivity index (χ4n) is 2.43. The average molecular weight is 304 g/mol. The summed E-state index contributed by atoms with van der Waals surface area (Å²) in [5, 5.41) is 12.0. The van der Waals surface area contributed by atoms with Crippen molar-refractivity contribution < 1.29 is 0 Å². The van der Waals surface area contributed by atoms with E-state index in [1.807, 2.05) is 24.3 Å². The maximum Gasteiger partial charge on any atom is 0.244 e. The summed E-state index contributed by atoms with van der Waals surface area (Å²) in [6.07, 6.45) is 5.48. The van der Waals surface area contributed by atoms with Crippen molar-refractivity contribution in [2.24, 2.45) is 0 Å². The number of halogens is 1. The molecule has 1 aromatic heterocycles. The molecule has 1 aromatic carbocycles. The van der Waals surface area contributed by atoms with Gasteiger partial charge in [0.2, 0.25) is 5.95 Å². The van der Waals surface area contributed by atoms with Crippen LogP contribution in [0.25, 0.3) is 0 Å². The fraction of sp³-hybridized carbons (Fsp3) is 0.400. The number of benzene rings is 1. The van der Waals surface area contributed by atoms with E-state index in [-0.39, 0.29) is 0 Å². The minimum Gasteiger partial charge on any atom is -0.355 e. The lowest BCUT2D eigenvalue weighted by Gasteiger charge is -2.27. The van der Waals surface area contributed by atoms with Gasteiger partial charge in [0.25, 0.3) is 0 Å². The van der Waals surface area contributed by atoms with Gasteiger partial charge >= 0.3 is 0 Å². The van der Waals surface area contributed by atoms with E-state index in [1.54, 1.807) is 6.20 Å². The Kier molecular flexibility index (Phi) is 4.50. The SMILES string of the molecule is Clc1ccc(CNc2nncc(N3CCCCC3)n2)cc1. The Bertz CT molecular complexity index is 581. The van der Waals surface area contributed by atoms with Crippen LogP contribution in [0, 0.1) is 0 Å². The van der Waals surface area contributed by atoms with Crippen LogP contribution in [-0.2, 0) is 6.54 Å². The van der Waals surface area contributed by atoms with Crippen LogP contribution in [0.4, 0.5) is 11.8 Å². The second kappa shape index (κ2) is 6.72. The molecule has 6 heteroatoms. The van der Waals surface area contributed by atoms with Crippen molar-refractivity contribution in [2.45, 2.75) is 25.8 Å². The van der Waals surface area contributed by atoms with Gasteiger partial charge in [-0.1, -0.05) is 23.7 Å². The third-order valence-electron chi connectivity index (χ3n) is 3.59. The number of nitrogens with zero attached hydrogens (tertiary/aromatic N) is 4. The van der Waals surface area contributed by atoms with Crippen LogP contribution in [0.1, 0.15) is 24.8 Å². The van der Waals surface area contributed by atoms with Crippen molar-refractivity contribution in [1.82, 2.24) is 15.2 Å². The van der Waals surface area contributed by atoms with E-state index in [9.17, 15) is 0 Å². The molecule has 5 nitrogen and oxygen atoms in total. The molecule has 2 heterocycles. The number of hydrogen-bond acceptors (Lipinski definition) is 5. The molecule has 0 bridgehead atoms. The van der Waals surface area contributed by atoms with Gasteiger partial charge in [-0.05, 0) is 37.0 Å². The van der Waals surface area contributed by atoms with Gasteiger partial charge in [0.05, 0.1) is 6.20 Å². The Morgan fingerprint density at radius 2 is 1.86 bits per heavy atom. The molecule has 0 aliphatic carbocycles. The van der Waals surface area contributed by atoms with E-state index in [4.69, 9.17) is 11.6 Å². The molecule has 1 aliphatic rings. The van der Waals surface area contributed by atoms with Crippen LogP contribution < -0.4 is 10.2 Å². The predicted octanol–water partition coefficient (Wildman–Crippen LogP) is 3.13. The van der Waals surface area contributed by atoms with Crippen molar-refractivity contribution in [3.8, 4) is 0 Å². The van der Waals surface area contributed by atoms with Gasteiger partial charge in [-0.25, -0.2) is 0 Å². The summed E-state index contributed by atoms with van der Waals surface area (Å²) >= 11 is 5.88. The minimum absolute atomic E-state index is 0.563. The molecule has 0 saturated carbocycles. The molecule has 1 fully saturated rings. The lowest BCUT2D eigenvalue weighted by Crippen LogP contribution is -2.30. The molecule has 1 saturated heterocycles. The summed E-state index contributed by atoms with van der Waals surface area (Å²) in [7, 11) is 0. The highest BCUT2D eigenvalue weighted by atomic mass is 35.5. The second-order valence-electron chi connectivity index (χ2n) is 5.17. The van der Waals surface area contributed by atoms with Gasteiger partial charge in [0.15, 0.2) is 5.82 Å². The number of piperidine rings is 1. The number of hydrogen-bond donors (Lipinski definition) is 1. The standard InChI is InChI=1S/C15H18ClN5/c16-13-6-4-12(5-7-13)10-17-15-19-14(11-18-20-15)21-8-2-1-3-9-21/h4-7,11H,1-3,8-10H2,(H,17,19,20). The molecule has 1 aliphatic heterocycles. The van der Waals surface area contributed by atoms with Crippen molar-refractivity contribution in [3.63, 3.8) is 0 Å². The van der Waals surface area contributed by atoms with Gasteiger partial charge in [-0.3, -0.25) is 0 Å². The predicted molar refractivity (Wildman–Crippen MR) is 84.7 cm³/mol. The van der Waals surface area contributed by atoms with Crippen LogP contribution in [-0.4, -0.2) is 28.3 Å². The Labute approximate surface area is 129 Å². The zero-order chi connectivity index (χ0) is 14.5. The van der Waals surface area contributed by atoms with E-state index in [0.29, 0.717) is 12.5 Å².